The molecule has 0 aliphatic heterocycles. The summed E-state index contributed by atoms with van der Waals surface area (Å²) in [5.41, 5.74) is 8.86. The highest BCUT2D eigenvalue weighted by atomic mass is 16.2. The Balaban J connectivity index is 2.15. The van der Waals surface area contributed by atoms with Gasteiger partial charge in [0.25, 0.3) is 5.91 Å². The lowest BCUT2D eigenvalue weighted by Crippen LogP contribution is -2.28. The van der Waals surface area contributed by atoms with E-state index in [0.717, 1.165) is 11.3 Å². The fourth-order valence-corrected chi connectivity index (χ4v) is 2.15. The number of amides is 1. The molecule has 1 atom stereocenters. The van der Waals surface area contributed by atoms with Crippen molar-refractivity contribution in [2.24, 2.45) is 0 Å². The van der Waals surface area contributed by atoms with Crippen LogP contribution >= 0.6 is 0 Å². The molecule has 0 spiro atoms. The average molecular weight is 272 g/mol. The highest BCUT2D eigenvalue weighted by Crippen LogP contribution is 2.16. The maximum atomic E-state index is 12.3. The third-order valence-electron chi connectivity index (χ3n) is 3.19. The van der Waals surface area contributed by atoms with Gasteiger partial charge in [-0.1, -0.05) is 12.1 Å². The zero-order valence-electron chi connectivity index (χ0n) is 12.1. The minimum absolute atomic E-state index is 0.105. The molecule has 0 aliphatic rings. The molecule has 3 N–H and O–H groups in total. The SMILES string of the molecule is CCn1nc(C)cc1C(=O)NC(C)c1cccc(N)c1. The summed E-state index contributed by atoms with van der Waals surface area (Å²) in [7, 11) is 0. The van der Waals surface area contributed by atoms with E-state index in [9.17, 15) is 4.79 Å². The maximum Gasteiger partial charge on any atom is 0.270 e. The Morgan fingerprint density at radius 1 is 1.45 bits per heavy atom. The van der Waals surface area contributed by atoms with Crippen molar-refractivity contribution in [1.29, 1.82) is 0 Å². The quantitative estimate of drug-likeness (QED) is 0.839. The summed E-state index contributed by atoms with van der Waals surface area (Å²) in [5, 5.41) is 7.25. The van der Waals surface area contributed by atoms with Gasteiger partial charge in [0.2, 0.25) is 0 Å². The number of hydrogen-bond donors (Lipinski definition) is 2. The third kappa shape index (κ3) is 2.99. The minimum atomic E-state index is -0.123. The van der Waals surface area contributed by atoms with Crippen molar-refractivity contribution >= 4 is 11.6 Å². The second-order valence-corrected chi connectivity index (χ2v) is 4.85. The Kier molecular flexibility index (Phi) is 4.08. The van der Waals surface area contributed by atoms with E-state index in [-0.39, 0.29) is 11.9 Å². The lowest BCUT2D eigenvalue weighted by Gasteiger charge is -2.15. The summed E-state index contributed by atoms with van der Waals surface area (Å²) in [6, 6.07) is 9.22. The van der Waals surface area contributed by atoms with Gasteiger partial charge in [0.15, 0.2) is 0 Å². The first-order valence-electron chi connectivity index (χ1n) is 6.72. The number of rotatable bonds is 4. The molecule has 0 saturated heterocycles. The van der Waals surface area contributed by atoms with Gasteiger partial charge < -0.3 is 11.1 Å². The van der Waals surface area contributed by atoms with E-state index in [1.165, 1.54) is 0 Å². The third-order valence-corrected chi connectivity index (χ3v) is 3.19. The molecule has 1 heterocycles. The van der Waals surface area contributed by atoms with Crippen molar-refractivity contribution in [2.45, 2.75) is 33.4 Å². The number of hydrogen-bond acceptors (Lipinski definition) is 3. The smallest absolute Gasteiger partial charge is 0.270 e. The van der Waals surface area contributed by atoms with Gasteiger partial charge in [-0.15, -0.1) is 0 Å². The highest BCUT2D eigenvalue weighted by Gasteiger charge is 2.16. The highest BCUT2D eigenvalue weighted by molar-refractivity contribution is 5.93. The topological polar surface area (TPSA) is 72.9 Å². The summed E-state index contributed by atoms with van der Waals surface area (Å²) in [6.45, 7) is 6.45. The largest absolute Gasteiger partial charge is 0.399 e. The van der Waals surface area contributed by atoms with Gasteiger partial charge in [0.05, 0.1) is 11.7 Å². The molecule has 0 bridgehead atoms. The summed E-state index contributed by atoms with van der Waals surface area (Å²) in [6.07, 6.45) is 0. The molecular formula is C15H20N4O. The van der Waals surface area contributed by atoms with Crippen LogP contribution in [0.1, 0.15) is 41.6 Å². The van der Waals surface area contributed by atoms with E-state index < -0.39 is 0 Å². The molecule has 2 rings (SSSR count). The van der Waals surface area contributed by atoms with Gasteiger partial charge in [-0.05, 0) is 44.5 Å². The van der Waals surface area contributed by atoms with Crippen LogP contribution in [-0.4, -0.2) is 15.7 Å². The molecule has 20 heavy (non-hydrogen) atoms. The Bertz CT molecular complexity index is 618. The predicted molar refractivity (Wildman–Crippen MR) is 79.4 cm³/mol. The molecule has 5 nitrogen and oxygen atoms in total. The number of carbonyl (C=O) groups is 1. The minimum Gasteiger partial charge on any atom is -0.399 e. The molecule has 0 aliphatic carbocycles. The molecule has 1 unspecified atom stereocenters. The van der Waals surface area contributed by atoms with Crippen molar-refractivity contribution in [3.63, 3.8) is 0 Å². The Labute approximate surface area is 118 Å². The van der Waals surface area contributed by atoms with Crippen LogP contribution in [0.3, 0.4) is 0 Å². The lowest BCUT2D eigenvalue weighted by atomic mass is 10.1. The number of aryl methyl sites for hydroxylation is 2. The molecule has 106 valence electrons. The van der Waals surface area contributed by atoms with Gasteiger partial charge in [-0.2, -0.15) is 5.10 Å². The van der Waals surface area contributed by atoms with Crippen LogP contribution in [-0.2, 0) is 6.54 Å². The maximum absolute atomic E-state index is 12.3. The predicted octanol–water partition coefficient (Wildman–Crippen LogP) is 2.28. The zero-order chi connectivity index (χ0) is 14.7. The molecule has 1 aromatic heterocycles. The molecular weight excluding hydrogens is 252 g/mol. The fourth-order valence-electron chi connectivity index (χ4n) is 2.15. The van der Waals surface area contributed by atoms with Gasteiger partial charge in [0, 0.05) is 12.2 Å². The van der Waals surface area contributed by atoms with Crippen LogP contribution in [0, 0.1) is 6.92 Å². The monoisotopic (exact) mass is 272 g/mol. The van der Waals surface area contributed by atoms with Gasteiger partial charge >= 0.3 is 0 Å². The number of nitrogens with zero attached hydrogens (tertiary/aromatic N) is 2. The van der Waals surface area contributed by atoms with Crippen LogP contribution in [0.5, 0.6) is 0 Å². The average Bonchev–Trinajstić information content (AvgIpc) is 2.80. The summed E-state index contributed by atoms with van der Waals surface area (Å²) >= 11 is 0. The standard InChI is InChI=1S/C15H20N4O/c1-4-19-14(8-10(2)18-19)15(20)17-11(3)12-6-5-7-13(16)9-12/h5-9,11H,4,16H2,1-3H3,(H,17,20). The van der Waals surface area contributed by atoms with Crippen molar-refractivity contribution in [2.75, 3.05) is 5.73 Å². The van der Waals surface area contributed by atoms with Gasteiger partial charge in [-0.3, -0.25) is 9.48 Å². The van der Waals surface area contributed by atoms with Crippen molar-refractivity contribution in [3.05, 3.63) is 47.3 Å². The number of anilines is 1. The van der Waals surface area contributed by atoms with E-state index in [1.54, 1.807) is 10.7 Å². The summed E-state index contributed by atoms with van der Waals surface area (Å²) in [4.78, 5) is 12.3. The van der Waals surface area contributed by atoms with Crippen LogP contribution in [0.15, 0.2) is 30.3 Å². The number of benzene rings is 1. The molecule has 0 radical (unpaired) electrons. The summed E-state index contributed by atoms with van der Waals surface area (Å²) in [5.74, 6) is -0.123. The molecule has 1 amide bonds. The first-order valence-corrected chi connectivity index (χ1v) is 6.72. The molecule has 0 saturated carbocycles. The van der Waals surface area contributed by atoms with Gasteiger partial charge in [-0.25, -0.2) is 0 Å². The van der Waals surface area contributed by atoms with Crippen molar-refractivity contribution in [3.8, 4) is 0 Å². The van der Waals surface area contributed by atoms with E-state index in [1.807, 2.05) is 45.0 Å². The number of nitrogens with two attached hydrogens (primary N) is 1. The number of nitrogen functional groups attached to an aromatic ring is 1. The van der Waals surface area contributed by atoms with Crippen LogP contribution in [0.4, 0.5) is 5.69 Å². The van der Waals surface area contributed by atoms with Crippen LogP contribution in [0.25, 0.3) is 0 Å². The molecule has 0 fully saturated rings. The Hall–Kier alpha value is -2.30. The van der Waals surface area contributed by atoms with Crippen LogP contribution < -0.4 is 11.1 Å². The summed E-state index contributed by atoms with van der Waals surface area (Å²) < 4.78 is 1.71. The van der Waals surface area contributed by atoms with E-state index >= 15 is 0 Å². The van der Waals surface area contributed by atoms with E-state index in [0.29, 0.717) is 17.9 Å². The Morgan fingerprint density at radius 2 is 2.20 bits per heavy atom. The first-order chi connectivity index (χ1) is 9.51. The zero-order valence-corrected chi connectivity index (χ0v) is 12.1. The number of carbonyl (C=O) groups excluding carboxylic acids is 1. The Morgan fingerprint density at radius 3 is 2.85 bits per heavy atom. The second-order valence-electron chi connectivity index (χ2n) is 4.85. The second kappa shape index (κ2) is 5.77. The van der Waals surface area contributed by atoms with Crippen LogP contribution in [0.2, 0.25) is 0 Å². The van der Waals surface area contributed by atoms with Crippen molar-refractivity contribution in [1.82, 2.24) is 15.1 Å². The van der Waals surface area contributed by atoms with E-state index in [2.05, 4.69) is 10.4 Å². The molecule has 1 aromatic carbocycles. The number of aromatic nitrogens is 2. The molecule has 5 heteroatoms. The molecule has 2 aromatic rings. The lowest BCUT2D eigenvalue weighted by molar-refractivity contribution is 0.0929. The normalized spacial score (nSPS) is 12.2. The van der Waals surface area contributed by atoms with E-state index in [4.69, 9.17) is 5.73 Å². The first kappa shape index (κ1) is 14.1. The van der Waals surface area contributed by atoms with Crippen molar-refractivity contribution < 1.29 is 4.79 Å². The fraction of sp³-hybridized carbons (Fsp3) is 0.333. The number of nitrogens with one attached hydrogen (secondary N) is 1. The van der Waals surface area contributed by atoms with Gasteiger partial charge in [0.1, 0.15) is 5.69 Å².